The van der Waals surface area contributed by atoms with Crippen LogP contribution in [0.15, 0.2) is 47.5 Å². The van der Waals surface area contributed by atoms with Gasteiger partial charge < -0.3 is 5.11 Å². The number of rotatable bonds is 8. The van der Waals surface area contributed by atoms with Gasteiger partial charge in [-0.2, -0.15) is 0 Å². The number of nitrogens with one attached hydrogen (secondary N) is 1. The second-order valence-electron chi connectivity index (χ2n) is 5.44. The summed E-state index contributed by atoms with van der Waals surface area (Å²) in [4.78, 5) is 14.7. The molecule has 2 aromatic rings. The van der Waals surface area contributed by atoms with Gasteiger partial charge in [0.1, 0.15) is 5.82 Å². The Balaban J connectivity index is 2.08. The van der Waals surface area contributed by atoms with E-state index in [-0.39, 0.29) is 16.3 Å². The number of hydrogen-bond donors (Lipinski definition) is 2. The van der Waals surface area contributed by atoms with Crippen LogP contribution in [0.1, 0.15) is 42.1 Å². The Labute approximate surface area is 141 Å². The predicted octanol–water partition coefficient (Wildman–Crippen LogP) is 3.31. The van der Waals surface area contributed by atoms with Crippen molar-refractivity contribution in [2.24, 2.45) is 0 Å². The van der Waals surface area contributed by atoms with Crippen LogP contribution in [0.3, 0.4) is 0 Å². The maximum absolute atomic E-state index is 12.3. The van der Waals surface area contributed by atoms with Gasteiger partial charge in [-0.25, -0.2) is 18.2 Å². The van der Waals surface area contributed by atoms with Crippen LogP contribution in [0, 0.1) is 0 Å². The highest BCUT2D eigenvalue weighted by atomic mass is 32.2. The van der Waals surface area contributed by atoms with E-state index in [1.54, 1.807) is 12.1 Å². The Morgan fingerprint density at radius 3 is 2.38 bits per heavy atom. The SMILES string of the molecule is CCCCCc1ccc(S(=O)(=O)Nc2ccc(C(=O)O)cn2)cc1. The zero-order chi connectivity index (χ0) is 17.6. The van der Waals surface area contributed by atoms with Crippen molar-refractivity contribution in [1.82, 2.24) is 4.98 Å². The second kappa shape index (κ2) is 7.92. The van der Waals surface area contributed by atoms with E-state index >= 15 is 0 Å². The predicted molar refractivity (Wildman–Crippen MR) is 91.7 cm³/mol. The summed E-state index contributed by atoms with van der Waals surface area (Å²) in [6.45, 7) is 2.14. The van der Waals surface area contributed by atoms with Crippen molar-refractivity contribution in [3.8, 4) is 0 Å². The van der Waals surface area contributed by atoms with Crippen molar-refractivity contribution in [2.45, 2.75) is 37.5 Å². The lowest BCUT2D eigenvalue weighted by Crippen LogP contribution is -2.14. The first-order valence-electron chi connectivity index (χ1n) is 7.73. The van der Waals surface area contributed by atoms with E-state index in [9.17, 15) is 13.2 Å². The van der Waals surface area contributed by atoms with Crippen LogP contribution in [0.25, 0.3) is 0 Å². The van der Waals surface area contributed by atoms with E-state index in [4.69, 9.17) is 5.11 Å². The molecule has 0 atom stereocenters. The molecule has 2 rings (SSSR count). The molecule has 1 aromatic heterocycles. The van der Waals surface area contributed by atoms with E-state index in [2.05, 4.69) is 16.6 Å². The Morgan fingerprint density at radius 1 is 1.12 bits per heavy atom. The molecule has 6 nitrogen and oxygen atoms in total. The number of anilines is 1. The molecule has 2 N–H and O–H groups in total. The smallest absolute Gasteiger partial charge is 0.337 e. The van der Waals surface area contributed by atoms with E-state index in [1.165, 1.54) is 12.1 Å². The van der Waals surface area contributed by atoms with E-state index in [0.717, 1.165) is 37.4 Å². The first-order valence-corrected chi connectivity index (χ1v) is 9.22. The van der Waals surface area contributed by atoms with Gasteiger partial charge in [0.15, 0.2) is 0 Å². The van der Waals surface area contributed by atoms with Crippen molar-refractivity contribution in [3.05, 3.63) is 53.7 Å². The van der Waals surface area contributed by atoms with E-state index in [0.29, 0.717) is 0 Å². The van der Waals surface area contributed by atoms with Crippen LogP contribution >= 0.6 is 0 Å². The first-order chi connectivity index (χ1) is 11.4. The van der Waals surface area contributed by atoms with Gasteiger partial charge in [0, 0.05) is 6.20 Å². The third-order valence-corrected chi connectivity index (χ3v) is 4.92. The zero-order valence-electron chi connectivity index (χ0n) is 13.4. The fraction of sp³-hybridized carbons (Fsp3) is 0.294. The molecule has 0 bridgehead atoms. The maximum atomic E-state index is 12.3. The molecule has 0 amide bonds. The monoisotopic (exact) mass is 348 g/mol. The molecular formula is C17H20N2O4S. The number of hydrogen-bond acceptors (Lipinski definition) is 4. The molecule has 0 saturated heterocycles. The van der Waals surface area contributed by atoms with Crippen molar-refractivity contribution >= 4 is 21.8 Å². The third kappa shape index (κ3) is 4.79. The van der Waals surface area contributed by atoms with Gasteiger partial charge in [0.2, 0.25) is 0 Å². The quantitative estimate of drug-likeness (QED) is 0.713. The Morgan fingerprint density at radius 2 is 1.83 bits per heavy atom. The number of sulfonamides is 1. The fourth-order valence-corrected chi connectivity index (χ4v) is 3.20. The van der Waals surface area contributed by atoms with Crippen LogP contribution in [-0.4, -0.2) is 24.5 Å². The normalized spacial score (nSPS) is 11.2. The summed E-state index contributed by atoms with van der Waals surface area (Å²) in [6, 6.07) is 9.37. The number of aryl methyl sites for hydroxylation is 1. The number of nitrogens with zero attached hydrogens (tertiary/aromatic N) is 1. The zero-order valence-corrected chi connectivity index (χ0v) is 14.2. The molecule has 0 spiro atoms. The third-order valence-electron chi connectivity index (χ3n) is 3.55. The topological polar surface area (TPSA) is 96.4 Å². The van der Waals surface area contributed by atoms with Gasteiger partial charge in [-0.05, 0) is 42.7 Å². The number of unbranched alkanes of at least 4 members (excludes halogenated alkanes) is 2. The molecule has 0 unspecified atom stereocenters. The summed E-state index contributed by atoms with van der Waals surface area (Å²) in [7, 11) is -3.75. The number of aromatic nitrogens is 1. The van der Waals surface area contributed by atoms with Crippen LogP contribution in [0.5, 0.6) is 0 Å². The van der Waals surface area contributed by atoms with Gasteiger partial charge in [-0.3, -0.25) is 4.72 Å². The molecule has 128 valence electrons. The average Bonchev–Trinajstić information content (AvgIpc) is 2.56. The molecule has 0 aliphatic carbocycles. The molecule has 0 fully saturated rings. The summed E-state index contributed by atoms with van der Waals surface area (Å²) in [5, 5.41) is 8.81. The molecule has 0 aliphatic rings. The van der Waals surface area contributed by atoms with Crippen LogP contribution in [-0.2, 0) is 16.4 Å². The summed E-state index contributed by atoms with van der Waals surface area (Å²) in [6.07, 6.45) is 5.42. The maximum Gasteiger partial charge on any atom is 0.337 e. The second-order valence-corrected chi connectivity index (χ2v) is 7.13. The summed E-state index contributed by atoms with van der Waals surface area (Å²) in [5.41, 5.74) is 1.10. The number of carboxylic acids is 1. The minimum atomic E-state index is -3.75. The van der Waals surface area contributed by atoms with E-state index < -0.39 is 16.0 Å². The van der Waals surface area contributed by atoms with Gasteiger partial charge >= 0.3 is 5.97 Å². The van der Waals surface area contributed by atoms with Gasteiger partial charge in [-0.1, -0.05) is 31.9 Å². The molecule has 0 aliphatic heterocycles. The number of carbonyl (C=O) groups is 1. The largest absolute Gasteiger partial charge is 0.478 e. The summed E-state index contributed by atoms with van der Waals surface area (Å²) < 4.78 is 27.0. The van der Waals surface area contributed by atoms with Crippen molar-refractivity contribution in [1.29, 1.82) is 0 Å². The number of benzene rings is 1. The minimum Gasteiger partial charge on any atom is -0.478 e. The highest BCUT2D eigenvalue weighted by Crippen LogP contribution is 2.16. The minimum absolute atomic E-state index is 0.00520. The lowest BCUT2D eigenvalue weighted by atomic mass is 10.1. The van der Waals surface area contributed by atoms with E-state index in [1.807, 2.05) is 12.1 Å². The fourth-order valence-electron chi connectivity index (χ4n) is 2.19. The molecule has 7 heteroatoms. The van der Waals surface area contributed by atoms with Crippen molar-refractivity contribution in [3.63, 3.8) is 0 Å². The van der Waals surface area contributed by atoms with Gasteiger partial charge in [-0.15, -0.1) is 0 Å². The first kappa shape index (κ1) is 17.9. The molecule has 0 saturated carbocycles. The highest BCUT2D eigenvalue weighted by Gasteiger charge is 2.15. The van der Waals surface area contributed by atoms with Crippen molar-refractivity contribution < 1.29 is 18.3 Å². The average molecular weight is 348 g/mol. The number of carboxylic acid groups (broad SMARTS) is 1. The molecule has 1 heterocycles. The Hall–Kier alpha value is -2.41. The Bertz CT molecular complexity index is 784. The number of aromatic carboxylic acids is 1. The van der Waals surface area contributed by atoms with Crippen LogP contribution in [0.4, 0.5) is 5.82 Å². The summed E-state index contributed by atoms with van der Waals surface area (Å²) in [5.74, 6) is -1.04. The highest BCUT2D eigenvalue weighted by molar-refractivity contribution is 7.92. The van der Waals surface area contributed by atoms with Gasteiger partial charge in [0.25, 0.3) is 10.0 Å². The van der Waals surface area contributed by atoms with Crippen LogP contribution < -0.4 is 4.72 Å². The summed E-state index contributed by atoms with van der Waals surface area (Å²) >= 11 is 0. The standard InChI is InChI=1S/C17H20N2O4S/c1-2-3-4-5-13-6-9-15(10-7-13)24(22,23)19-16-11-8-14(12-18-16)17(20)21/h6-12H,2-5H2,1H3,(H,18,19)(H,20,21). The van der Waals surface area contributed by atoms with Crippen molar-refractivity contribution in [2.75, 3.05) is 4.72 Å². The lowest BCUT2D eigenvalue weighted by molar-refractivity contribution is 0.0696. The van der Waals surface area contributed by atoms with Gasteiger partial charge in [0.05, 0.1) is 10.5 Å². The molecule has 24 heavy (non-hydrogen) atoms. The lowest BCUT2D eigenvalue weighted by Gasteiger charge is -2.08. The molecular weight excluding hydrogens is 328 g/mol. The van der Waals surface area contributed by atoms with Crippen LogP contribution in [0.2, 0.25) is 0 Å². The molecule has 1 aromatic carbocycles. The molecule has 0 radical (unpaired) electrons. The Kier molecular flexibility index (Phi) is 5.92. The number of pyridine rings is 1.